The molecule has 39 heavy (non-hydrogen) atoms. The molecule has 2 aromatic heterocycles. The topological polar surface area (TPSA) is 46.8 Å². The largest absolute Gasteiger partial charge is 0.302 e. The van der Waals surface area contributed by atoms with Crippen LogP contribution in [0.2, 0.25) is 0 Å². The van der Waals surface area contributed by atoms with Crippen molar-refractivity contribution < 1.29 is 0 Å². The van der Waals surface area contributed by atoms with E-state index in [4.69, 9.17) is 15.0 Å². The molecule has 0 radical (unpaired) electrons. The summed E-state index contributed by atoms with van der Waals surface area (Å²) < 4.78 is 2.18. The molecular formula is C34H25N5. The maximum atomic E-state index is 5.20. The van der Waals surface area contributed by atoms with Gasteiger partial charge in [0.05, 0.1) is 17.1 Å². The second kappa shape index (κ2) is 8.77. The van der Waals surface area contributed by atoms with Gasteiger partial charge in [-0.15, -0.1) is 0 Å². The van der Waals surface area contributed by atoms with Gasteiger partial charge in [0.25, 0.3) is 0 Å². The molecule has 4 aromatic carbocycles. The number of para-hydroxylation sites is 3. The number of hydrogen-bond acceptors (Lipinski definition) is 4. The number of hydrogen-bond donors (Lipinski definition) is 0. The molecule has 0 saturated carbocycles. The highest BCUT2D eigenvalue weighted by Gasteiger charge is 2.38. The maximum Gasteiger partial charge on any atom is 0.239 e. The lowest BCUT2D eigenvalue weighted by Gasteiger charge is -2.27. The second-order valence-corrected chi connectivity index (χ2v) is 10.1. The van der Waals surface area contributed by atoms with Crippen LogP contribution in [0.5, 0.6) is 0 Å². The van der Waals surface area contributed by atoms with E-state index in [1.807, 2.05) is 6.07 Å². The van der Waals surface area contributed by atoms with Gasteiger partial charge in [-0.1, -0.05) is 109 Å². The Hall–Kier alpha value is -5.03. The van der Waals surface area contributed by atoms with Crippen molar-refractivity contribution in [2.75, 3.05) is 4.90 Å². The van der Waals surface area contributed by atoms with Crippen LogP contribution in [0.3, 0.4) is 0 Å². The van der Waals surface area contributed by atoms with Crippen LogP contribution in [0.1, 0.15) is 22.9 Å². The van der Waals surface area contributed by atoms with Crippen molar-refractivity contribution in [2.24, 2.45) is 0 Å². The average Bonchev–Trinajstić information content (AvgIpc) is 3.51. The Bertz CT molecular complexity index is 1860. The van der Waals surface area contributed by atoms with Crippen molar-refractivity contribution in [1.29, 1.82) is 0 Å². The Labute approximate surface area is 226 Å². The molecule has 0 N–H and O–H groups in total. The SMILES string of the molecule is C1=CC2c3ccccc3N(c3nc(Cc4ccccc4)nc(-n4c5ccccc5c5ccccc54)n3)C2C=C1. The molecule has 2 atom stereocenters. The van der Waals surface area contributed by atoms with Crippen molar-refractivity contribution in [2.45, 2.75) is 18.4 Å². The Kier molecular flexibility index (Phi) is 4.95. The minimum atomic E-state index is 0.116. The summed E-state index contributed by atoms with van der Waals surface area (Å²) in [6, 6.07) is 36.1. The molecule has 186 valence electrons. The molecule has 0 spiro atoms. The highest BCUT2D eigenvalue weighted by molar-refractivity contribution is 6.08. The summed E-state index contributed by atoms with van der Waals surface area (Å²) in [6.45, 7) is 0. The molecule has 1 aliphatic heterocycles. The van der Waals surface area contributed by atoms with Crippen molar-refractivity contribution >= 4 is 33.4 Å². The summed E-state index contributed by atoms with van der Waals surface area (Å²) in [5.74, 6) is 2.32. The Morgan fingerprint density at radius 3 is 2.03 bits per heavy atom. The van der Waals surface area contributed by atoms with Crippen LogP contribution >= 0.6 is 0 Å². The number of rotatable bonds is 4. The lowest BCUT2D eigenvalue weighted by Crippen LogP contribution is -2.30. The van der Waals surface area contributed by atoms with E-state index in [0.29, 0.717) is 18.3 Å². The fraction of sp³-hybridized carbons (Fsp3) is 0.0882. The molecule has 5 heteroatoms. The van der Waals surface area contributed by atoms with Crippen LogP contribution in [0.25, 0.3) is 27.8 Å². The zero-order chi connectivity index (χ0) is 25.8. The average molecular weight is 504 g/mol. The van der Waals surface area contributed by atoms with Crippen molar-refractivity contribution in [3.8, 4) is 5.95 Å². The summed E-state index contributed by atoms with van der Waals surface area (Å²) in [6.07, 6.45) is 9.42. The first-order valence-electron chi connectivity index (χ1n) is 13.4. The van der Waals surface area contributed by atoms with Crippen LogP contribution in [-0.2, 0) is 6.42 Å². The Morgan fingerprint density at radius 1 is 0.590 bits per heavy atom. The van der Waals surface area contributed by atoms with Gasteiger partial charge in [-0.25, -0.2) is 0 Å². The summed E-state index contributed by atoms with van der Waals surface area (Å²) in [7, 11) is 0. The highest BCUT2D eigenvalue weighted by Crippen LogP contribution is 2.46. The molecule has 0 fully saturated rings. The molecule has 1 aliphatic carbocycles. The van der Waals surface area contributed by atoms with Gasteiger partial charge in [-0.2, -0.15) is 15.0 Å². The molecular weight excluding hydrogens is 478 g/mol. The first-order chi connectivity index (χ1) is 19.3. The highest BCUT2D eigenvalue weighted by atomic mass is 15.3. The minimum absolute atomic E-state index is 0.116. The third-order valence-corrected chi connectivity index (χ3v) is 7.82. The number of anilines is 2. The van der Waals surface area contributed by atoms with Gasteiger partial charge < -0.3 is 4.90 Å². The zero-order valence-corrected chi connectivity index (χ0v) is 21.2. The van der Waals surface area contributed by atoms with Crippen molar-refractivity contribution in [1.82, 2.24) is 19.5 Å². The molecule has 5 nitrogen and oxygen atoms in total. The van der Waals surface area contributed by atoms with E-state index in [1.54, 1.807) is 0 Å². The first-order valence-corrected chi connectivity index (χ1v) is 13.4. The lowest BCUT2D eigenvalue weighted by atomic mass is 9.92. The smallest absolute Gasteiger partial charge is 0.239 e. The van der Waals surface area contributed by atoms with Crippen LogP contribution in [-0.4, -0.2) is 25.6 Å². The van der Waals surface area contributed by atoms with Crippen molar-refractivity contribution in [3.63, 3.8) is 0 Å². The number of nitrogens with zero attached hydrogens (tertiary/aromatic N) is 5. The molecule has 6 aromatic rings. The predicted molar refractivity (Wildman–Crippen MR) is 157 cm³/mol. The minimum Gasteiger partial charge on any atom is -0.302 e. The van der Waals surface area contributed by atoms with Gasteiger partial charge in [0.2, 0.25) is 11.9 Å². The van der Waals surface area contributed by atoms with Gasteiger partial charge in [0.15, 0.2) is 0 Å². The first kappa shape index (κ1) is 22.0. The van der Waals surface area contributed by atoms with E-state index in [1.165, 1.54) is 21.9 Å². The second-order valence-electron chi connectivity index (χ2n) is 10.1. The molecule has 0 amide bonds. The molecule has 0 bridgehead atoms. The van der Waals surface area contributed by atoms with E-state index in [-0.39, 0.29) is 12.0 Å². The number of aromatic nitrogens is 4. The predicted octanol–water partition coefficient (Wildman–Crippen LogP) is 7.29. The van der Waals surface area contributed by atoms with Crippen LogP contribution in [0.15, 0.2) is 127 Å². The molecule has 0 saturated heterocycles. The van der Waals surface area contributed by atoms with Gasteiger partial charge in [-0.3, -0.25) is 4.57 Å². The van der Waals surface area contributed by atoms with Gasteiger partial charge >= 0.3 is 0 Å². The fourth-order valence-electron chi connectivity index (χ4n) is 6.12. The third-order valence-electron chi connectivity index (χ3n) is 7.82. The number of benzene rings is 4. The molecule has 8 rings (SSSR count). The Balaban J connectivity index is 1.38. The van der Waals surface area contributed by atoms with E-state index in [0.717, 1.165) is 22.5 Å². The van der Waals surface area contributed by atoms with E-state index < -0.39 is 0 Å². The van der Waals surface area contributed by atoms with E-state index in [2.05, 4.69) is 131 Å². The normalized spacial score (nSPS) is 17.6. The summed E-state index contributed by atoms with van der Waals surface area (Å²) in [5.41, 5.74) is 5.78. The third kappa shape index (κ3) is 3.51. The van der Waals surface area contributed by atoms with E-state index >= 15 is 0 Å². The van der Waals surface area contributed by atoms with Crippen LogP contribution < -0.4 is 4.90 Å². The fourth-order valence-corrected chi connectivity index (χ4v) is 6.12. The lowest BCUT2D eigenvalue weighted by molar-refractivity contribution is 0.719. The standard InChI is InChI=1S/C34H25N5/c1-2-12-23(13-3-1)22-32-35-33(38-28-18-8-4-14-24(28)25-15-5-9-19-29(25)38)37-34(36-32)39-30-20-10-6-16-26(30)27-17-7-11-21-31(27)39/h1-21,24,28H,22H2. The number of fused-ring (bicyclic) bond motifs is 6. The van der Waals surface area contributed by atoms with Crippen LogP contribution in [0.4, 0.5) is 11.6 Å². The van der Waals surface area contributed by atoms with Gasteiger partial charge in [0, 0.05) is 28.8 Å². The molecule has 2 aliphatic rings. The quantitative estimate of drug-likeness (QED) is 0.253. The monoisotopic (exact) mass is 503 g/mol. The van der Waals surface area contributed by atoms with Crippen LogP contribution in [0, 0.1) is 0 Å². The van der Waals surface area contributed by atoms with Crippen molar-refractivity contribution in [3.05, 3.63) is 144 Å². The zero-order valence-electron chi connectivity index (χ0n) is 21.2. The molecule has 3 heterocycles. The molecule has 2 unspecified atom stereocenters. The summed E-state index contributed by atoms with van der Waals surface area (Å²) in [4.78, 5) is 17.7. The summed E-state index contributed by atoms with van der Waals surface area (Å²) >= 11 is 0. The Morgan fingerprint density at radius 2 is 1.23 bits per heavy atom. The van der Waals surface area contributed by atoms with E-state index in [9.17, 15) is 0 Å². The van der Waals surface area contributed by atoms with Gasteiger partial charge in [-0.05, 0) is 29.3 Å². The number of allylic oxidation sites excluding steroid dienone is 2. The summed E-state index contributed by atoms with van der Waals surface area (Å²) in [5, 5.41) is 2.37. The maximum absolute atomic E-state index is 5.20. The van der Waals surface area contributed by atoms with Gasteiger partial charge in [0.1, 0.15) is 5.82 Å².